The van der Waals surface area contributed by atoms with Crippen molar-refractivity contribution >= 4 is 11.6 Å². The quantitative estimate of drug-likeness (QED) is 0.703. The van der Waals surface area contributed by atoms with Gasteiger partial charge in [0.25, 0.3) is 0 Å². The highest BCUT2D eigenvalue weighted by Crippen LogP contribution is 2.21. The molecule has 1 aliphatic heterocycles. The molecule has 29 heavy (non-hydrogen) atoms. The Labute approximate surface area is 172 Å². The molecule has 0 bridgehead atoms. The van der Waals surface area contributed by atoms with E-state index >= 15 is 0 Å². The third-order valence-corrected chi connectivity index (χ3v) is 5.48. The predicted molar refractivity (Wildman–Crippen MR) is 118 cm³/mol. The minimum absolute atomic E-state index is 0.00644. The van der Waals surface area contributed by atoms with Crippen LogP contribution in [0.4, 0.5) is 5.69 Å². The zero-order valence-electron chi connectivity index (χ0n) is 16.6. The summed E-state index contributed by atoms with van der Waals surface area (Å²) in [5.74, 6) is 0.162. The number of carbonyl (C=O) groups excluding carboxylic acids is 1. The Morgan fingerprint density at radius 3 is 1.72 bits per heavy atom. The topological polar surface area (TPSA) is 35.6 Å². The smallest absolute Gasteiger partial charge is 0.236 e. The van der Waals surface area contributed by atoms with E-state index in [0.717, 1.165) is 26.2 Å². The minimum Gasteiger partial charge on any atom is -0.368 e. The number of amides is 1. The van der Waals surface area contributed by atoms with Crippen molar-refractivity contribution in [3.8, 4) is 0 Å². The van der Waals surface area contributed by atoms with Crippen molar-refractivity contribution in [3.05, 3.63) is 102 Å². The predicted octanol–water partition coefficient (Wildman–Crippen LogP) is 3.71. The third-order valence-electron chi connectivity index (χ3n) is 5.48. The fraction of sp³-hybridized carbons (Fsp3) is 0.240. The van der Waals surface area contributed by atoms with Crippen LogP contribution >= 0.6 is 0 Å². The summed E-state index contributed by atoms with van der Waals surface area (Å²) in [5, 5.41) is 3.49. The molecule has 0 aliphatic carbocycles. The number of anilines is 1. The first-order chi connectivity index (χ1) is 14.3. The van der Waals surface area contributed by atoms with Crippen molar-refractivity contribution in [3.63, 3.8) is 0 Å². The van der Waals surface area contributed by atoms with Crippen molar-refractivity contribution in [1.82, 2.24) is 10.2 Å². The van der Waals surface area contributed by atoms with Crippen LogP contribution < -0.4 is 10.2 Å². The van der Waals surface area contributed by atoms with Gasteiger partial charge < -0.3 is 9.80 Å². The molecule has 1 amide bonds. The van der Waals surface area contributed by atoms with Crippen molar-refractivity contribution in [2.45, 2.75) is 6.04 Å². The standard InChI is InChI=1S/C25H27N3O/c29-24(28-18-16-27(17-19-28)23-14-8-3-9-15-23)20-26-25(21-10-4-1-5-11-21)22-12-6-2-7-13-22/h1-15,25-26H,16-20H2. The van der Waals surface area contributed by atoms with Gasteiger partial charge in [-0.25, -0.2) is 0 Å². The Kier molecular flexibility index (Phi) is 6.22. The average Bonchev–Trinajstić information content (AvgIpc) is 2.81. The summed E-state index contributed by atoms with van der Waals surface area (Å²) in [7, 11) is 0. The number of nitrogens with one attached hydrogen (secondary N) is 1. The van der Waals surface area contributed by atoms with Gasteiger partial charge in [0, 0.05) is 31.9 Å². The SMILES string of the molecule is O=C(CNC(c1ccccc1)c1ccccc1)N1CCN(c2ccccc2)CC1. The van der Waals surface area contributed by atoms with Crippen LogP contribution in [0, 0.1) is 0 Å². The van der Waals surface area contributed by atoms with Crippen LogP contribution in [-0.4, -0.2) is 43.5 Å². The molecule has 1 heterocycles. The molecular formula is C25H27N3O. The van der Waals surface area contributed by atoms with Gasteiger partial charge in [-0.2, -0.15) is 0 Å². The second kappa shape index (κ2) is 9.39. The van der Waals surface area contributed by atoms with Gasteiger partial charge in [-0.1, -0.05) is 78.9 Å². The molecule has 4 nitrogen and oxygen atoms in total. The lowest BCUT2D eigenvalue weighted by Crippen LogP contribution is -2.51. The number of rotatable bonds is 6. The molecule has 0 unspecified atom stereocenters. The number of hydrogen-bond donors (Lipinski definition) is 1. The van der Waals surface area contributed by atoms with Gasteiger partial charge in [0.05, 0.1) is 12.6 Å². The molecule has 0 aromatic heterocycles. The van der Waals surface area contributed by atoms with E-state index in [1.54, 1.807) is 0 Å². The maximum atomic E-state index is 12.9. The molecule has 0 spiro atoms. The lowest BCUT2D eigenvalue weighted by atomic mass is 9.99. The Morgan fingerprint density at radius 1 is 0.724 bits per heavy atom. The summed E-state index contributed by atoms with van der Waals surface area (Å²) >= 11 is 0. The molecule has 1 N–H and O–H groups in total. The molecule has 0 atom stereocenters. The molecule has 148 valence electrons. The van der Waals surface area contributed by atoms with Gasteiger partial charge in [-0.15, -0.1) is 0 Å². The van der Waals surface area contributed by atoms with Crippen LogP contribution in [-0.2, 0) is 4.79 Å². The highest BCUT2D eigenvalue weighted by atomic mass is 16.2. The average molecular weight is 386 g/mol. The summed E-state index contributed by atoms with van der Waals surface area (Å²) in [6, 6.07) is 31.0. The van der Waals surface area contributed by atoms with Crippen LogP contribution in [0.3, 0.4) is 0 Å². The van der Waals surface area contributed by atoms with Crippen LogP contribution in [0.15, 0.2) is 91.0 Å². The van der Waals surface area contributed by atoms with Gasteiger partial charge in [-0.05, 0) is 23.3 Å². The number of hydrogen-bond acceptors (Lipinski definition) is 3. The van der Waals surface area contributed by atoms with Crippen molar-refractivity contribution in [2.75, 3.05) is 37.6 Å². The largest absolute Gasteiger partial charge is 0.368 e. The van der Waals surface area contributed by atoms with Crippen LogP contribution in [0.2, 0.25) is 0 Å². The molecule has 1 aliphatic rings. The van der Waals surface area contributed by atoms with E-state index in [1.165, 1.54) is 16.8 Å². The van der Waals surface area contributed by atoms with E-state index in [0.29, 0.717) is 6.54 Å². The lowest BCUT2D eigenvalue weighted by Gasteiger charge is -2.36. The van der Waals surface area contributed by atoms with E-state index in [-0.39, 0.29) is 11.9 Å². The van der Waals surface area contributed by atoms with Crippen LogP contribution in [0.1, 0.15) is 17.2 Å². The molecule has 1 saturated heterocycles. The molecule has 3 aromatic rings. The van der Waals surface area contributed by atoms with Gasteiger partial charge in [0.2, 0.25) is 5.91 Å². The Bertz CT molecular complexity index is 852. The molecule has 3 aromatic carbocycles. The second-order valence-corrected chi connectivity index (χ2v) is 7.34. The first-order valence-corrected chi connectivity index (χ1v) is 10.2. The normalized spacial score (nSPS) is 14.2. The summed E-state index contributed by atoms with van der Waals surface area (Å²) in [6.07, 6.45) is 0. The van der Waals surface area contributed by atoms with Crippen LogP contribution in [0.25, 0.3) is 0 Å². The van der Waals surface area contributed by atoms with Crippen molar-refractivity contribution < 1.29 is 4.79 Å². The Morgan fingerprint density at radius 2 is 1.21 bits per heavy atom. The third kappa shape index (κ3) is 4.84. The van der Waals surface area contributed by atoms with E-state index in [4.69, 9.17) is 0 Å². The number of piperazine rings is 1. The van der Waals surface area contributed by atoms with Gasteiger partial charge >= 0.3 is 0 Å². The fourth-order valence-corrected chi connectivity index (χ4v) is 3.87. The van der Waals surface area contributed by atoms with Crippen LogP contribution in [0.5, 0.6) is 0 Å². The highest BCUT2D eigenvalue weighted by Gasteiger charge is 2.22. The zero-order valence-corrected chi connectivity index (χ0v) is 16.6. The lowest BCUT2D eigenvalue weighted by molar-refractivity contribution is -0.130. The Hall–Kier alpha value is -3.11. The molecule has 4 heteroatoms. The second-order valence-electron chi connectivity index (χ2n) is 7.34. The van der Waals surface area contributed by atoms with E-state index < -0.39 is 0 Å². The summed E-state index contributed by atoms with van der Waals surface area (Å²) in [4.78, 5) is 17.2. The van der Waals surface area contributed by atoms with Gasteiger partial charge in [0.15, 0.2) is 0 Å². The zero-order chi connectivity index (χ0) is 19.9. The molecule has 4 rings (SSSR count). The summed E-state index contributed by atoms with van der Waals surface area (Å²) in [6.45, 7) is 3.60. The number of benzene rings is 3. The minimum atomic E-state index is 0.00644. The molecule has 0 saturated carbocycles. The summed E-state index contributed by atoms with van der Waals surface area (Å²) in [5.41, 5.74) is 3.56. The molecule has 0 radical (unpaired) electrons. The van der Waals surface area contributed by atoms with Gasteiger partial charge in [0.1, 0.15) is 0 Å². The summed E-state index contributed by atoms with van der Waals surface area (Å²) < 4.78 is 0. The maximum absolute atomic E-state index is 12.9. The fourth-order valence-electron chi connectivity index (χ4n) is 3.87. The van der Waals surface area contributed by atoms with E-state index in [2.05, 4.69) is 58.7 Å². The first-order valence-electron chi connectivity index (χ1n) is 10.2. The number of para-hydroxylation sites is 1. The van der Waals surface area contributed by atoms with E-state index in [1.807, 2.05) is 47.4 Å². The van der Waals surface area contributed by atoms with E-state index in [9.17, 15) is 4.79 Å². The molecular weight excluding hydrogens is 358 g/mol. The Balaban J connectivity index is 1.36. The first kappa shape index (κ1) is 19.2. The maximum Gasteiger partial charge on any atom is 0.236 e. The highest BCUT2D eigenvalue weighted by molar-refractivity contribution is 5.78. The number of carbonyl (C=O) groups is 1. The molecule has 1 fully saturated rings. The number of nitrogens with zero attached hydrogens (tertiary/aromatic N) is 2. The van der Waals surface area contributed by atoms with Crippen molar-refractivity contribution in [2.24, 2.45) is 0 Å². The van der Waals surface area contributed by atoms with Gasteiger partial charge in [-0.3, -0.25) is 10.1 Å². The van der Waals surface area contributed by atoms with Crippen molar-refractivity contribution in [1.29, 1.82) is 0 Å². The monoisotopic (exact) mass is 385 g/mol.